The molecule has 0 bridgehead atoms. The predicted molar refractivity (Wildman–Crippen MR) is 150 cm³/mol. The molecule has 2 aliphatic rings. The second kappa shape index (κ2) is 12.0. The Balaban J connectivity index is 1.21. The SMILES string of the molecule is CC(C)(C)OC(=O)N1CCN(c2ccc(C(=O)N[C@H]3CC[C@H](Nc4ccc(C#N)c(Cl)c4)CC3)cc2)CC1. The maximum Gasteiger partial charge on any atom is 0.410 e. The fraction of sp³-hybridized carbons (Fsp3) is 0.483. The summed E-state index contributed by atoms with van der Waals surface area (Å²) < 4.78 is 5.47. The van der Waals surface area contributed by atoms with Crippen molar-refractivity contribution in [3.63, 3.8) is 0 Å². The van der Waals surface area contributed by atoms with Gasteiger partial charge in [0.15, 0.2) is 0 Å². The lowest BCUT2D eigenvalue weighted by molar-refractivity contribution is 0.0240. The van der Waals surface area contributed by atoms with Crippen LogP contribution in [0.2, 0.25) is 5.02 Å². The van der Waals surface area contributed by atoms with Gasteiger partial charge in [0.2, 0.25) is 0 Å². The minimum atomic E-state index is -0.498. The smallest absolute Gasteiger partial charge is 0.410 e. The summed E-state index contributed by atoms with van der Waals surface area (Å²) >= 11 is 6.14. The van der Waals surface area contributed by atoms with Gasteiger partial charge in [0.25, 0.3) is 5.91 Å². The Morgan fingerprint density at radius 1 is 0.974 bits per heavy atom. The second-order valence-corrected chi connectivity index (χ2v) is 11.4. The Morgan fingerprint density at radius 2 is 1.61 bits per heavy atom. The Kier molecular flexibility index (Phi) is 8.68. The van der Waals surface area contributed by atoms with Gasteiger partial charge in [-0.2, -0.15) is 5.26 Å². The Bertz CT molecular complexity index is 1170. The predicted octanol–water partition coefficient (Wildman–Crippen LogP) is 5.42. The number of hydrogen-bond donors (Lipinski definition) is 2. The van der Waals surface area contributed by atoms with Crippen molar-refractivity contribution in [1.29, 1.82) is 5.26 Å². The van der Waals surface area contributed by atoms with E-state index in [1.807, 2.05) is 51.1 Å². The van der Waals surface area contributed by atoms with Crippen LogP contribution < -0.4 is 15.5 Å². The number of nitrogens with zero attached hydrogens (tertiary/aromatic N) is 3. The van der Waals surface area contributed by atoms with Crippen LogP contribution in [0.3, 0.4) is 0 Å². The van der Waals surface area contributed by atoms with Crippen LogP contribution in [0.15, 0.2) is 42.5 Å². The molecular formula is C29H36ClN5O3. The highest BCUT2D eigenvalue weighted by Gasteiger charge is 2.26. The van der Waals surface area contributed by atoms with E-state index in [2.05, 4.69) is 21.6 Å². The molecule has 1 aliphatic heterocycles. The standard InChI is InChI=1S/C29H36ClN5O3/c1-29(2,3)38-28(37)35-16-14-34(15-17-35)25-12-5-20(6-13-25)27(36)33-23-10-8-22(9-11-23)32-24-7-4-21(19-31)26(30)18-24/h4-7,12-13,18,22-23,32H,8-11,14-17H2,1-3H3,(H,33,36)/t22-,23-. The summed E-state index contributed by atoms with van der Waals surface area (Å²) in [6.07, 6.45) is 3.40. The Labute approximate surface area is 229 Å². The lowest BCUT2D eigenvalue weighted by atomic mass is 9.90. The second-order valence-electron chi connectivity index (χ2n) is 11.0. The molecule has 1 saturated heterocycles. The van der Waals surface area contributed by atoms with Gasteiger partial charge in [0, 0.05) is 55.2 Å². The number of hydrogen-bond acceptors (Lipinski definition) is 6. The first-order valence-corrected chi connectivity index (χ1v) is 13.6. The summed E-state index contributed by atoms with van der Waals surface area (Å²) in [5, 5.41) is 16.2. The summed E-state index contributed by atoms with van der Waals surface area (Å²) in [4.78, 5) is 29.1. The van der Waals surface area contributed by atoms with Crippen molar-refractivity contribution in [3.8, 4) is 6.07 Å². The number of ether oxygens (including phenoxy) is 1. The largest absolute Gasteiger partial charge is 0.444 e. The van der Waals surface area contributed by atoms with E-state index >= 15 is 0 Å². The van der Waals surface area contributed by atoms with Crippen LogP contribution >= 0.6 is 11.6 Å². The average molecular weight is 538 g/mol. The quantitative estimate of drug-likeness (QED) is 0.528. The van der Waals surface area contributed by atoms with Crippen molar-refractivity contribution in [1.82, 2.24) is 10.2 Å². The number of anilines is 2. The topological polar surface area (TPSA) is 97.7 Å². The lowest BCUT2D eigenvalue weighted by Gasteiger charge is -2.36. The van der Waals surface area contributed by atoms with E-state index in [9.17, 15) is 9.59 Å². The third-order valence-electron chi connectivity index (χ3n) is 6.95. The molecule has 0 unspecified atom stereocenters. The van der Waals surface area contributed by atoms with Crippen LogP contribution in [0.4, 0.5) is 16.2 Å². The third kappa shape index (κ3) is 7.32. The van der Waals surface area contributed by atoms with Gasteiger partial charge in [-0.05, 0) is 88.9 Å². The number of carbonyl (C=O) groups is 2. The number of piperazine rings is 1. The highest BCUT2D eigenvalue weighted by atomic mass is 35.5. The zero-order chi connectivity index (χ0) is 27.3. The first-order valence-electron chi connectivity index (χ1n) is 13.2. The number of rotatable bonds is 5. The van der Waals surface area contributed by atoms with Gasteiger partial charge in [-0.1, -0.05) is 11.6 Å². The molecule has 4 rings (SSSR count). The van der Waals surface area contributed by atoms with Crippen LogP contribution in [0.5, 0.6) is 0 Å². The molecule has 0 spiro atoms. The molecule has 2 amide bonds. The number of amides is 2. The minimum Gasteiger partial charge on any atom is -0.444 e. The van der Waals surface area contributed by atoms with E-state index in [0.29, 0.717) is 35.3 Å². The highest BCUT2D eigenvalue weighted by molar-refractivity contribution is 6.32. The molecule has 1 heterocycles. The van der Waals surface area contributed by atoms with E-state index in [0.717, 1.165) is 50.1 Å². The number of nitrogens with one attached hydrogen (secondary N) is 2. The maximum absolute atomic E-state index is 12.9. The van der Waals surface area contributed by atoms with E-state index < -0.39 is 5.60 Å². The van der Waals surface area contributed by atoms with Crippen molar-refractivity contribution < 1.29 is 14.3 Å². The van der Waals surface area contributed by atoms with Crippen LogP contribution in [-0.4, -0.2) is 60.8 Å². The van der Waals surface area contributed by atoms with Gasteiger partial charge in [-0.15, -0.1) is 0 Å². The number of halogens is 1. The van der Waals surface area contributed by atoms with Crippen molar-refractivity contribution >= 4 is 35.0 Å². The molecule has 2 N–H and O–H groups in total. The van der Waals surface area contributed by atoms with Gasteiger partial charge < -0.3 is 25.2 Å². The summed E-state index contributed by atoms with van der Waals surface area (Å²) in [7, 11) is 0. The van der Waals surface area contributed by atoms with Crippen LogP contribution in [-0.2, 0) is 4.74 Å². The van der Waals surface area contributed by atoms with Gasteiger partial charge >= 0.3 is 6.09 Å². The summed E-state index contributed by atoms with van der Waals surface area (Å²) in [5.41, 5.74) is 2.57. The van der Waals surface area contributed by atoms with Crippen LogP contribution in [0, 0.1) is 11.3 Å². The molecule has 38 heavy (non-hydrogen) atoms. The summed E-state index contributed by atoms with van der Waals surface area (Å²) in [5.74, 6) is -0.0541. The van der Waals surface area contributed by atoms with Gasteiger partial charge in [-0.3, -0.25) is 4.79 Å². The number of carbonyl (C=O) groups excluding carboxylic acids is 2. The van der Waals surface area contributed by atoms with E-state index in [4.69, 9.17) is 21.6 Å². The molecule has 8 nitrogen and oxygen atoms in total. The molecule has 1 aliphatic carbocycles. The zero-order valence-electron chi connectivity index (χ0n) is 22.3. The van der Waals surface area contributed by atoms with E-state index in [-0.39, 0.29) is 18.0 Å². The van der Waals surface area contributed by atoms with Crippen molar-refractivity contribution in [2.24, 2.45) is 0 Å². The zero-order valence-corrected chi connectivity index (χ0v) is 23.1. The summed E-state index contributed by atoms with van der Waals surface area (Å²) in [6, 6.07) is 15.6. The molecule has 2 fully saturated rings. The Morgan fingerprint density at radius 3 is 2.18 bits per heavy atom. The molecule has 0 radical (unpaired) electrons. The first-order chi connectivity index (χ1) is 18.1. The van der Waals surface area contributed by atoms with Crippen LogP contribution in [0.1, 0.15) is 62.4 Å². The Hall–Kier alpha value is -3.44. The number of nitriles is 1. The molecule has 2 aromatic rings. The fourth-order valence-corrected chi connectivity index (χ4v) is 5.10. The number of benzene rings is 2. The molecule has 9 heteroatoms. The average Bonchev–Trinajstić information content (AvgIpc) is 2.89. The van der Waals surface area contributed by atoms with Gasteiger partial charge in [0.1, 0.15) is 11.7 Å². The molecule has 0 aromatic heterocycles. The molecule has 2 aromatic carbocycles. The fourth-order valence-electron chi connectivity index (χ4n) is 4.88. The highest BCUT2D eigenvalue weighted by Crippen LogP contribution is 2.26. The van der Waals surface area contributed by atoms with Crippen molar-refractivity contribution in [2.45, 2.75) is 64.1 Å². The third-order valence-corrected chi connectivity index (χ3v) is 7.26. The minimum absolute atomic E-state index is 0.0541. The monoisotopic (exact) mass is 537 g/mol. The first kappa shape index (κ1) is 27.6. The van der Waals surface area contributed by atoms with Gasteiger partial charge in [0.05, 0.1) is 10.6 Å². The van der Waals surface area contributed by atoms with Crippen molar-refractivity contribution in [3.05, 3.63) is 58.6 Å². The van der Waals surface area contributed by atoms with Crippen LogP contribution in [0.25, 0.3) is 0 Å². The molecule has 202 valence electrons. The lowest BCUT2D eigenvalue weighted by Crippen LogP contribution is -2.50. The molecule has 0 atom stereocenters. The molecule has 1 saturated carbocycles. The van der Waals surface area contributed by atoms with E-state index in [1.54, 1.807) is 17.0 Å². The van der Waals surface area contributed by atoms with Crippen molar-refractivity contribution in [2.75, 3.05) is 36.4 Å². The molecular weight excluding hydrogens is 502 g/mol. The normalized spacial score (nSPS) is 19.9. The summed E-state index contributed by atoms with van der Waals surface area (Å²) in [6.45, 7) is 8.26. The van der Waals surface area contributed by atoms with E-state index in [1.165, 1.54) is 0 Å². The maximum atomic E-state index is 12.9. The van der Waals surface area contributed by atoms with Gasteiger partial charge in [-0.25, -0.2) is 4.79 Å².